The quantitative estimate of drug-likeness (QED) is 0.815. The van der Waals surface area contributed by atoms with Crippen LogP contribution in [0.2, 0.25) is 5.02 Å². The normalized spacial score (nSPS) is 18.4. The monoisotopic (exact) mass is 398 g/mol. The van der Waals surface area contributed by atoms with Crippen LogP contribution >= 0.6 is 11.6 Å². The lowest BCUT2D eigenvalue weighted by Crippen LogP contribution is -2.38. The van der Waals surface area contributed by atoms with Gasteiger partial charge in [-0.2, -0.15) is 0 Å². The summed E-state index contributed by atoms with van der Waals surface area (Å²) in [6, 6.07) is 10.9. The summed E-state index contributed by atoms with van der Waals surface area (Å²) in [5.41, 5.74) is 1.23. The van der Waals surface area contributed by atoms with Gasteiger partial charge in [0.15, 0.2) is 0 Å². The number of amides is 1. The van der Waals surface area contributed by atoms with Crippen LogP contribution in [0, 0.1) is 5.92 Å². The number of nitrogens with zero attached hydrogens (tertiary/aromatic N) is 3. The summed E-state index contributed by atoms with van der Waals surface area (Å²) in [5.74, 6) is 1.58. The van der Waals surface area contributed by atoms with E-state index in [9.17, 15) is 4.79 Å². The first kappa shape index (κ1) is 19.2. The topological polar surface area (TPSA) is 48.5 Å². The highest BCUT2D eigenvalue weighted by Gasteiger charge is 2.23. The second-order valence-electron chi connectivity index (χ2n) is 7.81. The molecule has 4 rings (SSSR count). The molecule has 2 aromatic rings. The van der Waals surface area contributed by atoms with Crippen LogP contribution in [-0.2, 0) is 0 Å². The molecule has 0 bridgehead atoms. The summed E-state index contributed by atoms with van der Waals surface area (Å²) in [6.07, 6.45) is 6.82. The molecule has 2 aliphatic rings. The van der Waals surface area contributed by atoms with Gasteiger partial charge in [-0.3, -0.25) is 4.79 Å². The van der Waals surface area contributed by atoms with Crippen molar-refractivity contribution in [3.05, 3.63) is 53.2 Å². The van der Waals surface area contributed by atoms with Crippen LogP contribution < -0.4 is 10.2 Å². The number of benzene rings is 1. The number of rotatable bonds is 5. The van der Waals surface area contributed by atoms with Crippen molar-refractivity contribution in [1.82, 2.24) is 9.88 Å². The lowest BCUT2D eigenvalue weighted by Gasteiger charge is -2.34. The zero-order valence-corrected chi connectivity index (χ0v) is 16.9. The molecular weight excluding hydrogens is 372 g/mol. The minimum Gasteiger partial charge on any atom is -0.357 e. The van der Waals surface area contributed by atoms with Crippen molar-refractivity contribution in [3.8, 4) is 0 Å². The molecule has 1 aromatic heterocycles. The molecule has 0 aliphatic carbocycles. The number of hydrogen-bond acceptors (Lipinski definition) is 4. The van der Waals surface area contributed by atoms with Crippen molar-refractivity contribution in [1.29, 1.82) is 0 Å². The van der Waals surface area contributed by atoms with Crippen LogP contribution in [0.1, 0.15) is 36.0 Å². The fourth-order valence-corrected chi connectivity index (χ4v) is 4.34. The van der Waals surface area contributed by atoms with Crippen LogP contribution in [0.4, 0.5) is 11.5 Å². The highest BCUT2D eigenvalue weighted by Crippen LogP contribution is 2.24. The van der Waals surface area contributed by atoms with Gasteiger partial charge in [-0.05, 0) is 75.0 Å². The van der Waals surface area contributed by atoms with Crippen LogP contribution in [0.3, 0.4) is 0 Å². The summed E-state index contributed by atoms with van der Waals surface area (Å²) >= 11 is 5.97. The first-order chi connectivity index (χ1) is 13.7. The first-order valence-corrected chi connectivity index (χ1v) is 10.6. The number of carbonyl (C=O) groups excluding carboxylic acids is 1. The zero-order valence-electron chi connectivity index (χ0n) is 16.1. The summed E-state index contributed by atoms with van der Waals surface area (Å²) in [5, 5.41) is 3.45. The largest absolute Gasteiger partial charge is 0.357 e. The van der Waals surface area contributed by atoms with E-state index in [1.54, 1.807) is 18.3 Å². The molecule has 28 heavy (non-hydrogen) atoms. The predicted octanol–water partition coefficient (Wildman–Crippen LogP) is 4.30. The van der Waals surface area contributed by atoms with Gasteiger partial charge in [-0.1, -0.05) is 17.7 Å². The van der Waals surface area contributed by atoms with Crippen molar-refractivity contribution >= 4 is 29.0 Å². The number of likely N-dealkylation sites (tertiary alicyclic amines) is 1. The van der Waals surface area contributed by atoms with Gasteiger partial charge in [0.1, 0.15) is 5.82 Å². The molecule has 6 heteroatoms. The molecule has 2 saturated heterocycles. The van der Waals surface area contributed by atoms with Gasteiger partial charge in [-0.15, -0.1) is 0 Å². The third kappa shape index (κ3) is 4.83. The van der Waals surface area contributed by atoms with E-state index in [4.69, 9.17) is 11.6 Å². The van der Waals surface area contributed by atoms with E-state index in [-0.39, 0.29) is 5.91 Å². The SMILES string of the molecule is O=C(Nc1cccc(Cl)c1)c1ccc(N2CCC(CN3CCCC3)CC2)nc1. The van der Waals surface area contributed by atoms with Crippen molar-refractivity contribution in [2.45, 2.75) is 25.7 Å². The van der Waals surface area contributed by atoms with E-state index in [1.165, 1.54) is 45.3 Å². The number of pyridine rings is 1. The predicted molar refractivity (Wildman–Crippen MR) is 114 cm³/mol. The summed E-state index contributed by atoms with van der Waals surface area (Å²) in [4.78, 5) is 21.9. The maximum atomic E-state index is 12.4. The van der Waals surface area contributed by atoms with Crippen LogP contribution in [0.25, 0.3) is 0 Å². The molecule has 1 aromatic carbocycles. The van der Waals surface area contributed by atoms with Gasteiger partial charge in [0.2, 0.25) is 0 Å². The summed E-state index contributed by atoms with van der Waals surface area (Å²) in [7, 11) is 0. The average molecular weight is 399 g/mol. The van der Waals surface area contributed by atoms with Crippen molar-refractivity contribution < 1.29 is 4.79 Å². The van der Waals surface area contributed by atoms with Gasteiger partial charge in [0.05, 0.1) is 5.56 Å². The average Bonchev–Trinajstić information content (AvgIpc) is 3.22. The molecule has 0 radical (unpaired) electrons. The number of carbonyl (C=O) groups is 1. The van der Waals surface area contributed by atoms with Crippen molar-refractivity contribution in [2.24, 2.45) is 5.92 Å². The second kappa shape index (κ2) is 8.93. The van der Waals surface area contributed by atoms with Crippen LogP contribution in [0.15, 0.2) is 42.6 Å². The molecule has 0 unspecified atom stereocenters. The number of hydrogen-bond donors (Lipinski definition) is 1. The van der Waals surface area contributed by atoms with Crippen LogP contribution in [-0.4, -0.2) is 48.5 Å². The number of anilines is 2. The minimum absolute atomic E-state index is 0.175. The second-order valence-corrected chi connectivity index (χ2v) is 8.24. The maximum absolute atomic E-state index is 12.4. The Labute approximate surface area is 171 Å². The molecule has 0 atom stereocenters. The minimum atomic E-state index is -0.175. The molecule has 0 spiro atoms. The Morgan fingerprint density at radius 3 is 2.57 bits per heavy atom. The Bertz CT molecular complexity index is 796. The molecular formula is C22H27ClN4O. The van der Waals surface area contributed by atoms with Gasteiger partial charge in [0, 0.05) is 36.5 Å². The number of nitrogens with one attached hydrogen (secondary N) is 1. The highest BCUT2D eigenvalue weighted by atomic mass is 35.5. The number of piperidine rings is 1. The third-order valence-corrected chi connectivity index (χ3v) is 5.98. The van der Waals surface area contributed by atoms with Gasteiger partial charge in [0.25, 0.3) is 5.91 Å². The Balaban J connectivity index is 1.30. The lowest BCUT2D eigenvalue weighted by molar-refractivity contribution is 0.102. The van der Waals surface area contributed by atoms with E-state index in [0.29, 0.717) is 16.3 Å². The fraction of sp³-hybridized carbons (Fsp3) is 0.455. The third-order valence-electron chi connectivity index (χ3n) is 5.75. The van der Waals surface area contributed by atoms with E-state index in [2.05, 4.69) is 20.1 Å². The Hall–Kier alpha value is -2.11. The molecule has 2 fully saturated rings. The molecule has 1 N–H and O–H groups in total. The van der Waals surface area contributed by atoms with Gasteiger partial charge < -0.3 is 15.1 Å². The molecule has 3 heterocycles. The molecule has 1 amide bonds. The van der Waals surface area contributed by atoms with E-state index < -0.39 is 0 Å². The van der Waals surface area contributed by atoms with E-state index in [1.807, 2.05) is 24.3 Å². The Morgan fingerprint density at radius 2 is 1.89 bits per heavy atom. The standard InChI is InChI=1S/C22H27ClN4O/c23-19-4-3-5-20(14-19)25-22(28)18-6-7-21(24-15-18)27-12-8-17(9-13-27)16-26-10-1-2-11-26/h3-7,14-15,17H,1-2,8-13,16H2,(H,25,28). The number of halogens is 1. The number of aromatic nitrogens is 1. The first-order valence-electron chi connectivity index (χ1n) is 10.2. The fourth-order valence-electron chi connectivity index (χ4n) is 4.15. The van der Waals surface area contributed by atoms with Crippen LogP contribution in [0.5, 0.6) is 0 Å². The molecule has 0 saturated carbocycles. The van der Waals surface area contributed by atoms with Crippen molar-refractivity contribution in [3.63, 3.8) is 0 Å². The summed E-state index contributed by atoms with van der Waals surface area (Å²) < 4.78 is 0. The molecule has 5 nitrogen and oxygen atoms in total. The smallest absolute Gasteiger partial charge is 0.257 e. The highest BCUT2D eigenvalue weighted by molar-refractivity contribution is 6.30. The Kier molecular flexibility index (Phi) is 6.13. The van der Waals surface area contributed by atoms with Gasteiger partial charge >= 0.3 is 0 Å². The van der Waals surface area contributed by atoms with Gasteiger partial charge in [-0.25, -0.2) is 4.98 Å². The molecule has 2 aliphatic heterocycles. The van der Waals surface area contributed by atoms with E-state index >= 15 is 0 Å². The van der Waals surface area contributed by atoms with Crippen molar-refractivity contribution in [2.75, 3.05) is 42.9 Å². The van der Waals surface area contributed by atoms with E-state index in [0.717, 1.165) is 24.8 Å². The molecule has 148 valence electrons. The summed E-state index contributed by atoms with van der Waals surface area (Å²) in [6.45, 7) is 5.89. The maximum Gasteiger partial charge on any atom is 0.257 e. The lowest BCUT2D eigenvalue weighted by atomic mass is 9.96. The zero-order chi connectivity index (χ0) is 19.3. The Morgan fingerprint density at radius 1 is 1.11 bits per heavy atom.